The lowest BCUT2D eigenvalue weighted by Gasteiger charge is -2.12. The number of thiocarbonyl (C=S) groups is 1. The summed E-state index contributed by atoms with van der Waals surface area (Å²) in [7, 11) is 0. The van der Waals surface area contributed by atoms with Gasteiger partial charge in [-0.05, 0) is 13.3 Å². The minimum Gasteiger partial charge on any atom is -0.393 e. The Hall–Kier alpha value is -0.640. The molecule has 0 aromatic rings. The average Bonchev–Trinajstić information content (AvgIpc) is 2.02. The number of hydrogen-bond acceptors (Lipinski definition) is 2. The fourth-order valence-electron chi connectivity index (χ4n) is 1.24. The van der Waals surface area contributed by atoms with Crippen LogP contribution in [0.15, 0.2) is 0 Å². The molecule has 0 bridgehead atoms. The van der Waals surface area contributed by atoms with Gasteiger partial charge in [-0.1, -0.05) is 32.0 Å². The Kier molecular flexibility index (Phi) is 7.38. The molecular formula is C10H20N2OS. The van der Waals surface area contributed by atoms with Gasteiger partial charge in [0.25, 0.3) is 0 Å². The normalized spacial score (nSPS) is 12.1. The van der Waals surface area contributed by atoms with Crippen molar-refractivity contribution >= 4 is 23.1 Å². The van der Waals surface area contributed by atoms with Gasteiger partial charge in [0.1, 0.15) is 0 Å². The second-order valence-corrected chi connectivity index (χ2v) is 4.12. The van der Waals surface area contributed by atoms with Crippen molar-refractivity contribution in [2.24, 2.45) is 5.73 Å². The zero-order valence-corrected chi connectivity index (χ0v) is 9.82. The first kappa shape index (κ1) is 13.4. The molecule has 0 heterocycles. The summed E-state index contributed by atoms with van der Waals surface area (Å²) in [6.07, 6.45) is 4.39. The van der Waals surface area contributed by atoms with E-state index in [9.17, 15) is 4.79 Å². The Balaban J connectivity index is 3.55. The second-order valence-electron chi connectivity index (χ2n) is 3.60. The van der Waals surface area contributed by atoms with Crippen LogP contribution in [-0.2, 0) is 4.79 Å². The van der Waals surface area contributed by atoms with E-state index < -0.39 is 0 Å². The molecule has 1 amide bonds. The van der Waals surface area contributed by atoms with Gasteiger partial charge in [-0.2, -0.15) is 0 Å². The van der Waals surface area contributed by atoms with Gasteiger partial charge in [0.15, 0.2) is 0 Å². The standard InChI is InChI=1S/C10H20N2OS/c1-3-4-5-6-10(13)12-8(2)7-9(11)14/h8H,3-7H2,1-2H3,(H2,11,14)(H,12,13). The van der Waals surface area contributed by atoms with Crippen LogP contribution in [0, 0.1) is 0 Å². The average molecular weight is 216 g/mol. The summed E-state index contributed by atoms with van der Waals surface area (Å²) in [5, 5.41) is 2.86. The Morgan fingerprint density at radius 2 is 2.14 bits per heavy atom. The highest BCUT2D eigenvalue weighted by Gasteiger charge is 2.07. The molecule has 1 unspecified atom stereocenters. The van der Waals surface area contributed by atoms with E-state index in [0.717, 1.165) is 19.3 Å². The maximum atomic E-state index is 11.3. The Labute approximate surface area is 91.4 Å². The largest absolute Gasteiger partial charge is 0.393 e. The van der Waals surface area contributed by atoms with Crippen LogP contribution in [0.5, 0.6) is 0 Å². The summed E-state index contributed by atoms with van der Waals surface area (Å²) in [6.45, 7) is 4.03. The molecular weight excluding hydrogens is 196 g/mol. The van der Waals surface area contributed by atoms with Gasteiger partial charge in [-0.25, -0.2) is 0 Å². The first-order valence-electron chi connectivity index (χ1n) is 5.14. The fraction of sp³-hybridized carbons (Fsp3) is 0.800. The first-order chi connectivity index (χ1) is 6.56. The number of rotatable bonds is 7. The van der Waals surface area contributed by atoms with Crippen molar-refractivity contribution in [3.05, 3.63) is 0 Å². The van der Waals surface area contributed by atoms with Gasteiger partial charge in [0, 0.05) is 18.9 Å². The summed E-state index contributed by atoms with van der Waals surface area (Å²) >= 11 is 4.76. The highest BCUT2D eigenvalue weighted by atomic mass is 32.1. The number of carbonyl (C=O) groups is 1. The maximum absolute atomic E-state index is 11.3. The summed E-state index contributed by atoms with van der Waals surface area (Å²) in [5.74, 6) is 0.0993. The van der Waals surface area contributed by atoms with Crippen LogP contribution < -0.4 is 11.1 Å². The lowest BCUT2D eigenvalue weighted by atomic mass is 10.2. The molecule has 0 saturated heterocycles. The van der Waals surface area contributed by atoms with Gasteiger partial charge in [-0.3, -0.25) is 4.79 Å². The molecule has 14 heavy (non-hydrogen) atoms. The van der Waals surface area contributed by atoms with E-state index in [2.05, 4.69) is 12.2 Å². The summed E-state index contributed by atoms with van der Waals surface area (Å²) in [6, 6.07) is 0.0571. The zero-order valence-electron chi connectivity index (χ0n) is 9.01. The Bertz CT molecular complexity index is 195. The molecule has 4 heteroatoms. The van der Waals surface area contributed by atoms with Crippen LogP contribution in [-0.4, -0.2) is 16.9 Å². The van der Waals surface area contributed by atoms with E-state index >= 15 is 0 Å². The topological polar surface area (TPSA) is 55.1 Å². The zero-order chi connectivity index (χ0) is 11.0. The van der Waals surface area contributed by atoms with Crippen molar-refractivity contribution < 1.29 is 4.79 Å². The number of carbonyl (C=O) groups excluding carboxylic acids is 1. The number of hydrogen-bond donors (Lipinski definition) is 2. The molecule has 0 aromatic heterocycles. The van der Waals surface area contributed by atoms with Crippen molar-refractivity contribution in [1.29, 1.82) is 0 Å². The van der Waals surface area contributed by atoms with Crippen molar-refractivity contribution in [2.75, 3.05) is 0 Å². The molecule has 0 spiro atoms. The lowest BCUT2D eigenvalue weighted by Crippen LogP contribution is -2.35. The van der Waals surface area contributed by atoms with Crippen molar-refractivity contribution in [3.8, 4) is 0 Å². The predicted molar refractivity (Wildman–Crippen MR) is 63.1 cm³/mol. The summed E-state index contributed by atoms with van der Waals surface area (Å²) in [5.41, 5.74) is 5.37. The van der Waals surface area contributed by atoms with Gasteiger partial charge < -0.3 is 11.1 Å². The van der Waals surface area contributed by atoms with E-state index in [4.69, 9.17) is 18.0 Å². The van der Waals surface area contributed by atoms with Crippen LogP contribution in [0.4, 0.5) is 0 Å². The van der Waals surface area contributed by atoms with E-state index in [-0.39, 0.29) is 11.9 Å². The lowest BCUT2D eigenvalue weighted by molar-refractivity contribution is -0.121. The first-order valence-corrected chi connectivity index (χ1v) is 5.54. The van der Waals surface area contributed by atoms with Crippen LogP contribution in [0.1, 0.15) is 46.0 Å². The number of unbranched alkanes of at least 4 members (excludes halogenated alkanes) is 2. The fourth-order valence-corrected chi connectivity index (χ4v) is 1.49. The Morgan fingerprint density at radius 3 is 2.64 bits per heavy atom. The van der Waals surface area contributed by atoms with E-state index in [1.807, 2.05) is 6.92 Å². The van der Waals surface area contributed by atoms with Gasteiger partial charge >= 0.3 is 0 Å². The maximum Gasteiger partial charge on any atom is 0.220 e. The Morgan fingerprint density at radius 1 is 1.50 bits per heavy atom. The number of nitrogens with two attached hydrogens (primary N) is 1. The molecule has 0 aliphatic heterocycles. The predicted octanol–water partition coefficient (Wildman–Crippen LogP) is 1.75. The molecule has 0 radical (unpaired) electrons. The minimum atomic E-state index is 0.0571. The summed E-state index contributed by atoms with van der Waals surface area (Å²) < 4.78 is 0. The van der Waals surface area contributed by atoms with Crippen molar-refractivity contribution in [3.63, 3.8) is 0 Å². The highest BCUT2D eigenvalue weighted by molar-refractivity contribution is 7.80. The molecule has 0 fully saturated rings. The summed E-state index contributed by atoms with van der Waals surface area (Å²) in [4.78, 5) is 11.8. The third-order valence-electron chi connectivity index (χ3n) is 1.92. The van der Waals surface area contributed by atoms with Crippen LogP contribution in [0.3, 0.4) is 0 Å². The molecule has 0 aliphatic carbocycles. The van der Waals surface area contributed by atoms with Crippen LogP contribution >= 0.6 is 12.2 Å². The van der Waals surface area contributed by atoms with Crippen molar-refractivity contribution in [1.82, 2.24) is 5.32 Å². The van der Waals surface area contributed by atoms with Crippen LogP contribution in [0.2, 0.25) is 0 Å². The van der Waals surface area contributed by atoms with Gasteiger partial charge in [0.05, 0.1) is 4.99 Å². The molecule has 3 nitrogen and oxygen atoms in total. The van der Waals surface area contributed by atoms with E-state index in [1.165, 1.54) is 0 Å². The minimum absolute atomic E-state index is 0.0571. The third kappa shape index (κ3) is 7.98. The molecule has 1 atom stereocenters. The smallest absolute Gasteiger partial charge is 0.220 e. The second kappa shape index (κ2) is 7.74. The molecule has 0 aliphatic rings. The number of nitrogens with one attached hydrogen (secondary N) is 1. The third-order valence-corrected chi connectivity index (χ3v) is 2.09. The van der Waals surface area contributed by atoms with Gasteiger partial charge in [0.2, 0.25) is 5.91 Å². The molecule has 3 N–H and O–H groups in total. The van der Waals surface area contributed by atoms with Crippen LogP contribution in [0.25, 0.3) is 0 Å². The van der Waals surface area contributed by atoms with E-state index in [0.29, 0.717) is 17.8 Å². The monoisotopic (exact) mass is 216 g/mol. The molecule has 0 rings (SSSR count). The highest BCUT2D eigenvalue weighted by Crippen LogP contribution is 1.99. The van der Waals surface area contributed by atoms with Gasteiger partial charge in [-0.15, -0.1) is 0 Å². The molecule has 0 saturated carbocycles. The number of amides is 1. The quantitative estimate of drug-likeness (QED) is 0.503. The molecule has 82 valence electrons. The molecule has 0 aromatic carbocycles. The SMILES string of the molecule is CCCCCC(=O)NC(C)CC(N)=S. The van der Waals surface area contributed by atoms with Crippen molar-refractivity contribution in [2.45, 2.75) is 52.0 Å². The van der Waals surface area contributed by atoms with E-state index in [1.54, 1.807) is 0 Å².